The van der Waals surface area contributed by atoms with Crippen LogP contribution in [0.25, 0.3) is 10.9 Å². The van der Waals surface area contributed by atoms with E-state index in [4.69, 9.17) is 0 Å². The van der Waals surface area contributed by atoms with Crippen molar-refractivity contribution in [1.82, 2.24) is 4.98 Å². The molecule has 0 bridgehead atoms. The van der Waals surface area contributed by atoms with Gasteiger partial charge in [0.15, 0.2) is 0 Å². The summed E-state index contributed by atoms with van der Waals surface area (Å²) >= 11 is 0. The number of hydrogen-bond acceptors (Lipinski definition) is 1. The van der Waals surface area contributed by atoms with E-state index in [1.54, 1.807) is 0 Å². The molecule has 0 atom stereocenters. The molecule has 0 spiro atoms. The van der Waals surface area contributed by atoms with E-state index in [1.807, 2.05) is 44.3 Å². The minimum atomic E-state index is 0. The van der Waals surface area contributed by atoms with E-state index in [9.17, 15) is 4.79 Å². The number of aryl methyl sites for hydroxylation is 2. The zero-order chi connectivity index (χ0) is 16.4. The third kappa shape index (κ3) is 6.36. The van der Waals surface area contributed by atoms with Crippen molar-refractivity contribution in [2.24, 2.45) is 0 Å². The highest BCUT2D eigenvalue weighted by molar-refractivity contribution is 5.85. The Labute approximate surface area is 140 Å². The number of anilines is 1. The lowest BCUT2D eigenvalue weighted by Crippen LogP contribution is -1.92. The van der Waals surface area contributed by atoms with Gasteiger partial charge in [-0.25, -0.2) is 0 Å². The predicted molar refractivity (Wildman–Crippen MR) is 103 cm³/mol. The van der Waals surface area contributed by atoms with Gasteiger partial charge < -0.3 is 15.8 Å². The number of fused-ring (bicyclic) bond motifs is 1. The molecule has 0 aliphatic heterocycles. The van der Waals surface area contributed by atoms with Crippen molar-refractivity contribution in [3.63, 3.8) is 0 Å². The van der Waals surface area contributed by atoms with Crippen LogP contribution in [0.1, 0.15) is 27.8 Å². The Morgan fingerprint density at radius 3 is 2.13 bits per heavy atom. The number of benzene rings is 2. The van der Waals surface area contributed by atoms with E-state index in [1.165, 1.54) is 11.1 Å². The average molecular weight is 318 g/mol. The Morgan fingerprint density at radius 1 is 1.00 bits per heavy atom. The number of hydrogen-bond donors (Lipinski definition) is 2. The van der Waals surface area contributed by atoms with Crippen LogP contribution in [-0.4, -0.2) is 16.9 Å². The zero-order valence-corrected chi connectivity index (χ0v) is 14.2. The van der Waals surface area contributed by atoms with E-state index in [0.717, 1.165) is 16.6 Å². The standard InChI is InChI=1S/C9H8N2O.C8H10.C2H6.H2O.2H2/c12-6-11-8-2-1-7-3-4-10-9(7)5-8;1-7-5-3-4-6-8(7)2;1-2;;;/h1-6,10H,(H,11,12);3-6H,1-2H3;1-2H3;1H2;2*1H. The normalized spacial score (nSPS) is 8.70. The molecule has 0 saturated carbocycles. The molecule has 0 fully saturated rings. The van der Waals surface area contributed by atoms with Crippen molar-refractivity contribution in [3.05, 3.63) is 65.9 Å². The minimum absolute atomic E-state index is 0. The van der Waals surface area contributed by atoms with Crippen LogP contribution in [-0.2, 0) is 4.79 Å². The molecule has 1 amide bonds. The van der Waals surface area contributed by atoms with Crippen LogP contribution in [0.2, 0.25) is 0 Å². The largest absolute Gasteiger partial charge is 0.412 e. The van der Waals surface area contributed by atoms with Gasteiger partial charge in [0.25, 0.3) is 0 Å². The molecule has 4 heteroatoms. The van der Waals surface area contributed by atoms with Gasteiger partial charge in [0, 0.05) is 20.3 Å². The van der Waals surface area contributed by atoms with E-state index in [2.05, 4.69) is 48.4 Å². The molecule has 1 aromatic heterocycles. The van der Waals surface area contributed by atoms with E-state index < -0.39 is 0 Å². The van der Waals surface area contributed by atoms with Crippen LogP contribution >= 0.6 is 0 Å². The molecule has 1 heterocycles. The molecule has 3 aromatic rings. The fourth-order valence-corrected chi connectivity index (χ4v) is 1.87. The molecule has 0 aliphatic carbocycles. The number of amides is 1. The second-order valence-corrected chi connectivity index (χ2v) is 4.63. The Balaban J connectivity index is -0.000000333. The van der Waals surface area contributed by atoms with Gasteiger partial charge in [-0.2, -0.15) is 0 Å². The summed E-state index contributed by atoms with van der Waals surface area (Å²) in [5, 5.41) is 3.73. The molecule has 23 heavy (non-hydrogen) atoms. The smallest absolute Gasteiger partial charge is 0.211 e. The highest BCUT2D eigenvalue weighted by Crippen LogP contribution is 2.16. The molecular formula is C19H30N2O2. The quantitative estimate of drug-likeness (QED) is 0.658. The summed E-state index contributed by atoms with van der Waals surface area (Å²) in [5.41, 5.74) is 4.57. The number of carbonyl (C=O) groups is 1. The van der Waals surface area contributed by atoms with Crippen LogP contribution in [0.5, 0.6) is 0 Å². The first-order chi connectivity index (χ1) is 10.7. The second-order valence-electron chi connectivity index (χ2n) is 4.63. The maximum absolute atomic E-state index is 10.1. The molecule has 2 aromatic carbocycles. The van der Waals surface area contributed by atoms with E-state index in [-0.39, 0.29) is 8.33 Å². The Morgan fingerprint density at radius 2 is 1.61 bits per heavy atom. The van der Waals surface area contributed by atoms with Gasteiger partial charge in [-0.05, 0) is 48.6 Å². The number of aromatic nitrogens is 1. The van der Waals surface area contributed by atoms with Crippen molar-refractivity contribution in [1.29, 1.82) is 0 Å². The molecule has 4 N–H and O–H groups in total. The second kappa shape index (κ2) is 11.0. The van der Waals surface area contributed by atoms with Crippen LogP contribution in [0, 0.1) is 13.8 Å². The molecule has 0 unspecified atom stereocenters. The van der Waals surface area contributed by atoms with E-state index in [0.29, 0.717) is 6.41 Å². The first-order valence-corrected chi connectivity index (χ1v) is 7.50. The van der Waals surface area contributed by atoms with Crippen LogP contribution < -0.4 is 5.32 Å². The highest BCUT2D eigenvalue weighted by Gasteiger charge is 1.94. The number of nitrogens with one attached hydrogen (secondary N) is 2. The summed E-state index contributed by atoms with van der Waals surface area (Å²) in [4.78, 5) is 13.2. The van der Waals surface area contributed by atoms with Gasteiger partial charge in [0.1, 0.15) is 0 Å². The first kappa shape index (κ1) is 20.4. The van der Waals surface area contributed by atoms with Crippen LogP contribution in [0.4, 0.5) is 5.69 Å². The lowest BCUT2D eigenvalue weighted by molar-refractivity contribution is -0.105. The van der Waals surface area contributed by atoms with Gasteiger partial charge >= 0.3 is 0 Å². The summed E-state index contributed by atoms with van der Waals surface area (Å²) in [7, 11) is 0. The lowest BCUT2D eigenvalue weighted by Gasteiger charge is -1.96. The Hall–Kier alpha value is -2.59. The van der Waals surface area contributed by atoms with Gasteiger partial charge in [0.05, 0.1) is 0 Å². The molecular weight excluding hydrogens is 288 g/mol. The fraction of sp³-hybridized carbons (Fsp3) is 0.211. The Bertz CT molecular complexity index is 694. The fourth-order valence-electron chi connectivity index (χ4n) is 1.87. The van der Waals surface area contributed by atoms with Crippen LogP contribution in [0.3, 0.4) is 0 Å². The van der Waals surface area contributed by atoms with Crippen LogP contribution in [0.15, 0.2) is 54.7 Å². The predicted octanol–water partition coefficient (Wildman–Crippen LogP) is 4.73. The van der Waals surface area contributed by atoms with Gasteiger partial charge in [-0.3, -0.25) is 4.79 Å². The molecule has 4 nitrogen and oxygen atoms in total. The monoisotopic (exact) mass is 318 g/mol. The summed E-state index contributed by atoms with van der Waals surface area (Å²) in [6.45, 7) is 8.24. The number of carbonyl (C=O) groups excluding carboxylic acids is 1. The molecule has 128 valence electrons. The van der Waals surface area contributed by atoms with Crippen molar-refractivity contribution in [2.75, 3.05) is 5.32 Å². The summed E-state index contributed by atoms with van der Waals surface area (Å²) < 4.78 is 0. The topological polar surface area (TPSA) is 76.4 Å². The molecule has 0 saturated heterocycles. The number of H-pyrrole nitrogens is 1. The SMILES string of the molecule is CC.Cc1ccccc1C.O.O=CNc1ccc2cc[nH]c2c1.[HH].[HH]. The summed E-state index contributed by atoms with van der Waals surface area (Å²) in [6.07, 6.45) is 2.54. The van der Waals surface area contributed by atoms with Crippen molar-refractivity contribution < 1.29 is 13.1 Å². The lowest BCUT2D eigenvalue weighted by atomic mass is 10.1. The third-order valence-corrected chi connectivity index (χ3v) is 3.21. The van der Waals surface area contributed by atoms with Gasteiger partial charge in [-0.1, -0.05) is 44.2 Å². The van der Waals surface area contributed by atoms with Gasteiger partial charge in [0.2, 0.25) is 6.41 Å². The van der Waals surface area contributed by atoms with E-state index >= 15 is 0 Å². The van der Waals surface area contributed by atoms with Crippen molar-refractivity contribution in [3.8, 4) is 0 Å². The first-order valence-electron chi connectivity index (χ1n) is 7.50. The zero-order valence-electron chi connectivity index (χ0n) is 14.2. The molecule has 0 radical (unpaired) electrons. The Kier molecular flexibility index (Phi) is 9.80. The van der Waals surface area contributed by atoms with Crippen molar-refractivity contribution >= 4 is 23.0 Å². The minimum Gasteiger partial charge on any atom is -0.412 e. The molecule has 3 rings (SSSR count). The summed E-state index contributed by atoms with van der Waals surface area (Å²) in [6, 6.07) is 16.1. The maximum Gasteiger partial charge on any atom is 0.211 e. The van der Waals surface area contributed by atoms with Crippen molar-refractivity contribution in [2.45, 2.75) is 27.7 Å². The summed E-state index contributed by atoms with van der Waals surface area (Å²) in [5.74, 6) is 0. The van der Waals surface area contributed by atoms with Gasteiger partial charge in [-0.15, -0.1) is 0 Å². The molecule has 0 aliphatic rings. The highest BCUT2D eigenvalue weighted by atomic mass is 16.1. The number of aromatic amines is 1. The maximum atomic E-state index is 10.1. The third-order valence-electron chi connectivity index (χ3n) is 3.21. The number of rotatable bonds is 2. The average Bonchev–Trinajstić information content (AvgIpc) is 3.01.